The highest BCUT2D eigenvalue weighted by atomic mass is 32.1. The highest BCUT2D eigenvalue weighted by Crippen LogP contribution is 2.25. The van der Waals surface area contributed by atoms with Crippen LogP contribution < -0.4 is 9.80 Å². The number of hydrogen-bond donors (Lipinski definition) is 1. The lowest BCUT2D eigenvalue weighted by Crippen LogP contribution is -3.13. The summed E-state index contributed by atoms with van der Waals surface area (Å²) in [6.07, 6.45) is 3.62. The van der Waals surface area contributed by atoms with Gasteiger partial charge in [0.15, 0.2) is 0 Å². The number of aromatic nitrogens is 3. The van der Waals surface area contributed by atoms with Crippen molar-refractivity contribution >= 4 is 28.6 Å². The number of hydrogen-bond acceptors (Lipinski definition) is 6. The van der Waals surface area contributed by atoms with E-state index >= 15 is 0 Å². The standard InChI is InChI=1S/C16H17N5S2/c1-3-17-16(18-4-1)21-7-5-20(6-8-21)10-14-12-23-15(19-14)13-2-9-22-11-13/h1-4,9,11-12H,5-8,10H2/p+1. The molecule has 3 aromatic heterocycles. The Kier molecular flexibility index (Phi) is 4.32. The second-order valence-corrected chi connectivity index (χ2v) is 7.26. The van der Waals surface area contributed by atoms with E-state index in [1.807, 2.05) is 18.5 Å². The molecule has 1 N–H and O–H groups in total. The predicted molar refractivity (Wildman–Crippen MR) is 94.1 cm³/mol. The summed E-state index contributed by atoms with van der Waals surface area (Å²) in [5, 5.41) is 7.60. The highest BCUT2D eigenvalue weighted by molar-refractivity contribution is 7.14. The number of rotatable bonds is 4. The Labute approximate surface area is 143 Å². The van der Waals surface area contributed by atoms with E-state index in [0.29, 0.717) is 0 Å². The van der Waals surface area contributed by atoms with Gasteiger partial charge in [0, 0.05) is 28.7 Å². The van der Waals surface area contributed by atoms with Gasteiger partial charge in [0.05, 0.1) is 26.2 Å². The summed E-state index contributed by atoms with van der Waals surface area (Å²) < 4.78 is 0. The van der Waals surface area contributed by atoms with Gasteiger partial charge in [0.25, 0.3) is 0 Å². The third-order valence-electron chi connectivity index (χ3n) is 4.06. The minimum atomic E-state index is 0.847. The minimum Gasteiger partial charge on any atom is -0.330 e. The Hall–Kier alpha value is -1.83. The lowest BCUT2D eigenvalue weighted by molar-refractivity contribution is -0.914. The molecule has 0 aliphatic carbocycles. The summed E-state index contributed by atoms with van der Waals surface area (Å²) in [6, 6.07) is 4.00. The normalized spacial score (nSPS) is 15.9. The molecule has 0 unspecified atom stereocenters. The fraction of sp³-hybridized carbons (Fsp3) is 0.312. The van der Waals surface area contributed by atoms with Crippen LogP contribution in [0.1, 0.15) is 5.69 Å². The predicted octanol–water partition coefficient (Wildman–Crippen LogP) is 1.57. The number of nitrogens with one attached hydrogen (secondary N) is 1. The Balaban J connectivity index is 1.35. The van der Waals surface area contributed by atoms with Crippen LogP contribution in [0.4, 0.5) is 5.95 Å². The zero-order chi connectivity index (χ0) is 15.5. The lowest BCUT2D eigenvalue weighted by Gasteiger charge is -2.31. The monoisotopic (exact) mass is 344 g/mol. The zero-order valence-electron chi connectivity index (χ0n) is 12.7. The third-order valence-corrected chi connectivity index (χ3v) is 5.68. The molecule has 7 heteroatoms. The zero-order valence-corrected chi connectivity index (χ0v) is 14.3. The van der Waals surface area contributed by atoms with E-state index in [1.54, 1.807) is 27.6 Å². The molecule has 4 rings (SSSR count). The van der Waals surface area contributed by atoms with Crippen LogP contribution in [0.5, 0.6) is 0 Å². The van der Waals surface area contributed by atoms with Gasteiger partial charge in [-0.05, 0) is 17.5 Å². The van der Waals surface area contributed by atoms with E-state index in [1.165, 1.54) is 11.3 Å². The molecule has 23 heavy (non-hydrogen) atoms. The number of thiophene rings is 1. The van der Waals surface area contributed by atoms with Crippen molar-refractivity contribution in [3.05, 3.63) is 46.4 Å². The Morgan fingerprint density at radius 3 is 2.70 bits per heavy atom. The number of anilines is 1. The first kappa shape index (κ1) is 14.7. The Morgan fingerprint density at radius 1 is 1.13 bits per heavy atom. The quantitative estimate of drug-likeness (QED) is 0.780. The summed E-state index contributed by atoms with van der Waals surface area (Å²) in [7, 11) is 0. The second-order valence-electron chi connectivity index (χ2n) is 5.62. The molecule has 0 bridgehead atoms. The first-order valence-electron chi connectivity index (χ1n) is 7.71. The van der Waals surface area contributed by atoms with Crippen molar-refractivity contribution in [3.63, 3.8) is 0 Å². The van der Waals surface area contributed by atoms with E-state index in [9.17, 15) is 0 Å². The summed E-state index contributed by atoms with van der Waals surface area (Å²) in [5.41, 5.74) is 2.45. The van der Waals surface area contributed by atoms with Crippen molar-refractivity contribution in [2.45, 2.75) is 6.54 Å². The Bertz CT molecular complexity index is 733. The van der Waals surface area contributed by atoms with Crippen LogP contribution in [0.25, 0.3) is 10.6 Å². The van der Waals surface area contributed by atoms with Gasteiger partial charge in [-0.3, -0.25) is 0 Å². The van der Waals surface area contributed by atoms with Gasteiger partial charge >= 0.3 is 0 Å². The van der Waals surface area contributed by atoms with Crippen LogP contribution in [-0.2, 0) is 6.54 Å². The third kappa shape index (κ3) is 3.41. The maximum atomic E-state index is 4.79. The minimum absolute atomic E-state index is 0.847. The summed E-state index contributed by atoms with van der Waals surface area (Å²) in [6.45, 7) is 5.21. The van der Waals surface area contributed by atoms with E-state index in [0.717, 1.165) is 43.7 Å². The molecule has 0 spiro atoms. The second kappa shape index (κ2) is 6.74. The van der Waals surface area contributed by atoms with Crippen LogP contribution in [0.15, 0.2) is 40.7 Å². The molecule has 0 amide bonds. The maximum absolute atomic E-state index is 4.79. The molecule has 0 atom stereocenters. The van der Waals surface area contributed by atoms with Gasteiger partial charge in [-0.15, -0.1) is 11.3 Å². The Morgan fingerprint density at radius 2 is 1.96 bits per heavy atom. The highest BCUT2D eigenvalue weighted by Gasteiger charge is 2.22. The summed E-state index contributed by atoms with van der Waals surface area (Å²) in [5.74, 6) is 0.847. The SMILES string of the molecule is c1cnc(N2CC[NH+](Cc3csc(-c4ccsc4)n3)CC2)nc1. The molecule has 3 aromatic rings. The van der Waals surface area contributed by atoms with E-state index in [2.05, 4.69) is 37.1 Å². The van der Waals surface area contributed by atoms with Crippen molar-refractivity contribution < 1.29 is 4.90 Å². The molecule has 4 heterocycles. The molecule has 0 saturated carbocycles. The first-order chi connectivity index (χ1) is 11.4. The number of piperazine rings is 1. The largest absolute Gasteiger partial charge is 0.330 e. The van der Waals surface area contributed by atoms with Gasteiger partial charge < -0.3 is 9.80 Å². The van der Waals surface area contributed by atoms with E-state index < -0.39 is 0 Å². The molecular formula is C16H18N5S2+. The molecule has 0 aromatic carbocycles. The average molecular weight is 344 g/mol. The van der Waals surface area contributed by atoms with Crippen molar-refractivity contribution in [1.29, 1.82) is 0 Å². The van der Waals surface area contributed by atoms with Gasteiger partial charge in [0.1, 0.15) is 17.2 Å². The number of quaternary nitrogens is 1. The van der Waals surface area contributed by atoms with Crippen molar-refractivity contribution in [1.82, 2.24) is 15.0 Å². The fourth-order valence-corrected chi connectivity index (χ4v) is 4.35. The van der Waals surface area contributed by atoms with Crippen LogP contribution >= 0.6 is 22.7 Å². The topological polar surface area (TPSA) is 46.4 Å². The molecule has 1 saturated heterocycles. The van der Waals surface area contributed by atoms with E-state index in [-0.39, 0.29) is 0 Å². The maximum Gasteiger partial charge on any atom is 0.225 e. The van der Waals surface area contributed by atoms with Crippen LogP contribution in [-0.4, -0.2) is 41.1 Å². The van der Waals surface area contributed by atoms with Crippen molar-refractivity contribution in [2.75, 3.05) is 31.1 Å². The van der Waals surface area contributed by atoms with Gasteiger partial charge in [-0.2, -0.15) is 11.3 Å². The lowest BCUT2D eigenvalue weighted by atomic mass is 10.3. The van der Waals surface area contributed by atoms with Crippen molar-refractivity contribution in [2.24, 2.45) is 0 Å². The smallest absolute Gasteiger partial charge is 0.225 e. The molecule has 1 aliphatic rings. The molecule has 1 fully saturated rings. The molecular weight excluding hydrogens is 326 g/mol. The van der Waals surface area contributed by atoms with Crippen molar-refractivity contribution in [3.8, 4) is 10.6 Å². The van der Waals surface area contributed by atoms with Crippen LogP contribution in [0.2, 0.25) is 0 Å². The van der Waals surface area contributed by atoms with Crippen LogP contribution in [0, 0.1) is 0 Å². The van der Waals surface area contributed by atoms with Gasteiger partial charge in [-0.1, -0.05) is 0 Å². The first-order valence-corrected chi connectivity index (χ1v) is 9.53. The van der Waals surface area contributed by atoms with Crippen LogP contribution in [0.3, 0.4) is 0 Å². The molecule has 1 aliphatic heterocycles. The fourth-order valence-electron chi connectivity index (χ4n) is 2.82. The van der Waals surface area contributed by atoms with Gasteiger partial charge in [-0.25, -0.2) is 15.0 Å². The summed E-state index contributed by atoms with van der Waals surface area (Å²) >= 11 is 3.47. The molecule has 0 radical (unpaired) electrons. The van der Waals surface area contributed by atoms with Gasteiger partial charge in [0.2, 0.25) is 5.95 Å². The summed E-state index contributed by atoms with van der Waals surface area (Å²) in [4.78, 5) is 17.3. The number of thiazole rings is 1. The molecule has 5 nitrogen and oxygen atoms in total. The number of nitrogens with zero attached hydrogens (tertiary/aromatic N) is 4. The average Bonchev–Trinajstić information content (AvgIpc) is 3.28. The molecule has 118 valence electrons. The van der Waals surface area contributed by atoms with E-state index in [4.69, 9.17) is 4.98 Å².